The molecule has 0 saturated carbocycles. The quantitative estimate of drug-likeness (QED) is 0.684. The standard InChI is InChI=1S/C14H13N3/c1-16-12-7-4-8-15-14(12)17-11-6-3-2-5-10(11)9-13(16)17/h2-8,13H,9H2,1H3. The fraction of sp³-hybridized carbons (Fsp3) is 0.214. The van der Waals surface area contributed by atoms with Crippen LogP contribution in [0.4, 0.5) is 17.2 Å². The zero-order chi connectivity index (χ0) is 11.4. The molecule has 0 spiro atoms. The Bertz CT molecular complexity index is 594. The van der Waals surface area contributed by atoms with Crippen LogP contribution in [0.25, 0.3) is 0 Å². The maximum Gasteiger partial charge on any atom is 0.158 e. The Balaban J connectivity index is 1.95. The van der Waals surface area contributed by atoms with E-state index < -0.39 is 0 Å². The van der Waals surface area contributed by atoms with Crippen LogP contribution >= 0.6 is 0 Å². The van der Waals surface area contributed by atoms with Crippen LogP contribution in [0.2, 0.25) is 0 Å². The highest BCUT2D eigenvalue weighted by atomic mass is 15.4. The number of nitrogens with zero attached hydrogens (tertiary/aromatic N) is 3. The van der Waals surface area contributed by atoms with Gasteiger partial charge in [0, 0.05) is 25.4 Å². The van der Waals surface area contributed by atoms with Gasteiger partial charge in [0.25, 0.3) is 0 Å². The van der Waals surface area contributed by atoms with Gasteiger partial charge in [0.1, 0.15) is 6.17 Å². The van der Waals surface area contributed by atoms with E-state index in [0.717, 1.165) is 12.2 Å². The van der Waals surface area contributed by atoms with Crippen molar-refractivity contribution in [2.75, 3.05) is 16.8 Å². The van der Waals surface area contributed by atoms with Gasteiger partial charge in [0.2, 0.25) is 0 Å². The number of hydrogen-bond acceptors (Lipinski definition) is 3. The molecule has 1 unspecified atom stereocenters. The molecule has 1 atom stereocenters. The summed E-state index contributed by atoms with van der Waals surface area (Å²) in [5.41, 5.74) is 3.95. The summed E-state index contributed by atoms with van der Waals surface area (Å²) in [7, 11) is 2.15. The second kappa shape index (κ2) is 3.00. The highest BCUT2D eigenvalue weighted by Gasteiger charge is 2.40. The first-order chi connectivity index (χ1) is 8.36. The number of likely N-dealkylation sites (N-methyl/N-ethyl adjacent to an activating group) is 1. The van der Waals surface area contributed by atoms with Crippen LogP contribution in [0, 0.1) is 0 Å². The van der Waals surface area contributed by atoms with Crippen molar-refractivity contribution in [3.05, 3.63) is 48.2 Å². The molecule has 17 heavy (non-hydrogen) atoms. The molecule has 84 valence electrons. The second-order valence-electron chi connectivity index (χ2n) is 4.64. The van der Waals surface area contributed by atoms with Gasteiger partial charge in [-0.2, -0.15) is 0 Å². The Morgan fingerprint density at radius 3 is 2.88 bits per heavy atom. The largest absolute Gasteiger partial charge is 0.351 e. The summed E-state index contributed by atoms with van der Waals surface area (Å²) in [5, 5.41) is 0. The minimum absolute atomic E-state index is 0.400. The van der Waals surface area contributed by atoms with Crippen LogP contribution in [0.15, 0.2) is 42.6 Å². The first-order valence-corrected chi connectivity index (χ1v) is 5.91. The van der Waals surface area contributed by atoms with Crippen molar-refractivity contribution >= 4 is 17.2 Å². The zero-order valence-electron chi connectivity index (χ0n) is 9.67. The van der Waals surface area contributed by atoms with Gasteiger partial charge in [0.05, 0.1) is 5.69 Å². The van der Waals surface area contributed by atoms with E-state index in [4.69, 9.17) is 0 Å². The normalized spacial score (nSPS) is 20.2. The average molecular weight is 223 g/mol. The summed E-state index contributed by atoms with van der Waals surface area (Å²) < 4.78 is 0. The highest BCUT2D eigenvalue weighted by molar-refractivity contribution is 5.84. The number of para-hydroxylation sites is 1. The van der Waals surface area contributed by atoms with Crippen molar-refractivity contribution in [2.24, 2.45) is 0 Å². The number of hydrogen-bond donors (Lipinski definition) is 0. The lowest BCUT2D eigenvalue weighted by atomic mass is 10.1. The first kappa shape index (κ1) is 9.05. The Kier molecular flexibility index (Phi) is 1.60. The van der Waals surface area contributed by atoms with E-state index in [2.05, 4.69) is 52.2 Å². The second-order valence-corrected chi connectivity index (χ2v) is 4.64. The molecule has 1 aromatic carbocycles. The average Bonchev–Trinajstić information content (AvgIpc) is 2.88. The number of anilines is 3. The Morgan fingerprint density at radius 2 is 1.94 bits per heavy atom. The van der Waals surface area contributed by atoms with Crippen molar-refractivity contribution in [3.8, 4) is 0 Å². The molecule has 0 aliphatic carbocycles. The molecular formula is C14H13N3. The van der Waals surface area contributed by atoms with Crippen molar-refractivity contribution in [2.45, 2.75) is 12.6 Å². The summed E-state index contributed by atoms with van der Waals surface area (Å²) >= 11 is 0. The van der Waals surface area contributed by atoms with Crippen LogP contribution in [0.1, 0.15) is 5.56 Å². The topological polar surface area (TPSA) is 19.4 Å². The van der Waals surface area contributed by atoms with Crippen LogP contribution in [0.3, 0.4) is 0 Å². The lowest BCUT2D eigenvalue weighted by molar-refractivity contribution is 0.702. The summed E-state index contributed by atoms with van der Waals surface area (Å²) in [6.45, 7) is 0. The smallest absolute Gasteiger partial charge is 0.158 e. The van der Waals surface area contributed by atoms with Crippen LogP contribution in [-0.4, -0.2) is 18.2 Å². The molecule has 3 heteroatoms. The molecule has 0 fully saturated rings. The van der Waals surface area contributed by atoms with Crippen LogP contribution in [0.5, 0.6) is 0 Å². The molecule has 3 nitrogen and oxygen atoms in total. The minimum Gasteiger partial charge on any atom is -0.351 e. The van der Waals surface area contributed by atoms with Crippen LogP contribution in [-0.2, 0) is 6.42 Å². The SMILES string of the molecule is CN1c2cccnc2N2c3ccccc3CC12. The van der Waals surface area contributed by atoms with Gasteiger partial charge >= 0.3 is 0 Å². The van der Waals surface area contributed by atoms with E-state index in [9.17, 15) is 0 Å². The first-order valence-electron chi connectivity index (χ1n) is 5.91. The third-order valence-corrected chi connectivity index (χ3v) is 3.77. The van der Waals surface area contributed by atoms with Crippen LogP contribution < -0.4 is 9.80 Å². The molecule has 2 aliphatic rings. The fourth-order valence-corrected chi connectivity index (χ4v) is 2.94. The lowest BCUT2D eigenvalue weighted by Gasteiger charge is -2.23. The Labute approximate surface area is 100 Å². The summed E-state index contributed by atoms with van der Waals surface area (Å²) in [5.74, 6) is 1.09. The highest BCUT2D eigenvalue weighted by Crippen LogP contribution is 2.47. The van der Waals surface area contributed by atoms with Gasteiger partial charge in [0.15, 0.2) is 5.82 Å². The van der Waals surface area contributed by atoms with Crippen molar-refractivity contribution in [3.63, 3.8) is 0 Å². The molecule has 1 aromatic heterocycles. The number of pyridine rings is 1. The van der Waals surface area contributed by atoms with E-state index in [0.29, 0.717) is 6.17 Å². The number of benzene rings is 1. The lowest BCUT2D eigenvalue weighted by Crippen LogP contribution is -2.36. The van der Waals surface area contributed by atoms with E-state index in [-0.39, 0.29) is 0 Å². The zero-order valence-corrected chi connectivity index (χ0v) is 9.67. The number of fused-ring (bicyclic) bond motifs is 5. The van der Waals surface area contributed by atoms with E-state index in [1.54, 1.807) is 0 Å². The van der Waals surface area contributed by atoms with Gasteiger partial charge in [-0.05, 0) is 23.8 Å². The van der Waals surface area contributed by atoms with Crippen molar-refractivity contribution in [1.82, 2.24) is 4.98 Å². The van der Waals surface area contributed by atoms with E-state index in [1.807, 2.05) is 12.3 Å². The third kappa shape index (κ3) is 1.04. The summed E-state index contributed by atoms with van der Waals surface area (Å²) in [4.78, 5) is 9.21. The van der Waals surface area contributed by atoms with Crippen molar-refractivity contribution in [1.29, 1.82) is 0 Å². The molecule has 0 radical (unpaired) electrons. The molecule has 3 heterocycles. The van der Waals surface area contributed by atoms with Crippen molar-refractivity contribution < 1.29 is 0 Å². The maximum absolute atomic E-state index is 4.54. The molecule has 2 aromatic rings. The molecule has 2 aliphatic heterocycles. The van der Waals surface area contributed by atoms with Gasteiger partial charge in [-0.25, -0.2) is 4.98 Å². The molecule has 0 bridgehead atoms. The predicted molar refractivity (Wildman–Crippen MR) is 68.7 cm³/mol. The number of rotatable bonds is 0. The predicted octanol–water partition coefficient (Wildman–Crippen LogP) is 2.55. The minimum atomic E-state index is 0.400. The molecule has 0 saturated heterocycles. The fourth-order valence-electron chi connectivity index (χ4n) is 2.94. The van der Waals surface area contributed by atoms with Gasteiger partial charge in [-0.1, -0.05) is 18.2 Å². The summed E-state index contributed by atoms with van der Waals surface area (Å²) in [6, 6.07) is 12.8. The maximum atomic E-state index is 4.54. The molecular weight excluding hydrogens is 210 g/mol. The summed E-state index contributed by atoms with van der Waals surface area (Å²) in [6.07, 6.45) is 3.34. The van der Waals surface area contributed by atoms with Gasteiger partial charge < -0.3 is 9.80 Å². The van der Waals surface area contributed by atoms with Gasteiger partial charge in [-0.15, -0.1) is 0 Å². The molecule has 4 rings (SSSR count). The monoisotopic (exact) mass is 223 g/mol. The van der Waals surface area contributed by atoms with Gasteiger partial charge in [-0.3, -0.25) is 0 Å². The van der Waals surface area contributed by atoms with E-state index in [1.165, 1.54) is 16.9 Å². The molecule has 0 amide bonds. The van der Waals surface area contributed by atoms with E-state index >= 15 is 0 Å². The molecule has 0 N–H and O–H groups in total. The third-order valence-electron chi connectivity index (χ3n) is 3.77. The number of aromatic nitrogens is 1. The Hall–Kier alpha value is -2.03. The Morgan fingerprint density at radius 1 is 1.12 bits per heavy atom.